The molecule has 1 rings (SSSR count). The number of amides is 1. The van der Waals surface area contributed by atoms with E-state index in [1.807, 2.05) is 46.1 Å². The van der Waals surface area contributed by atoms with Crippen LogP contribution in [0.3, 0.4) is 0 Å². The molecule has 0 fully saturated rings. The molecule has 0 radical (unpaired) electrons. The van der Waals surface area contributed by atoms with E-state index in [0.29, 0.717) is 6.54 Å². The molecule has 1 aromatic rings. The van der Waals surface area contributed by atoms with Gasteiger partial charge in [-0.05, 0) is 33.5 Å². The third-order valence-corrected chi connectivity index (χ3v) is 2.85. The lowest BCUT2D eigenvalue weighted by atomic mass is 10.1. The fourth-order valence-electron chi connectivity index (χ4n) is 1.78. The molecule has 1 aromatic carbocycles. The van der Waals surface area contributed by atoms with E-state index >= 15 is 0 Å². The van der Waals surface area contributed by atoms with E-state index in [0.717, 1.165) is 0 Å². The summed E-state index contributed by atoms with van der Waals surface area (Å²) in [5.74, 6) is -0.0727. The van der Waals surface area contributed by atoms with Gasteiger partial charge in [-0.2, -0.15) is 0 Å². The number of nitrogens with zero attached hydrogens (tertiary/aromatic N) is 1. The van der Waals surface area contributed by atoms with Crippen LogP contribution >= 0.6 is 0 Å². The highest BCUT2D eigenvalue weighted by Crippen LogP contribution is 2.16. The van der Waals surface area contributed by atoms with E-state index in [4.69, 9.17) is 4.74 Å². The summed E-state index contributed by atoms with van der Waals surface area (Å²) in [4.78, 5) is 13.7. The van der Waals surface area contributed by atoms with Crippen molar-refractivity contribution in [1.29, 1.82) is 0 Å². The maximum Gasteiger partial charge on any atom is 0.246 e. The molecule has 0 spiro atoms. The van der Waals surface area contributed by atoms with Gasteiger partial charge in [0.05, 0.1) is 12.1 Å². The van der Waals surface area contributed by atoms with Crippen molar-refractivity contribution in [2.45, 2.75) is 26.0 Å². The molecule has 1 amide bonds. The molecule has 19 heavy (non-hydrogen) atoms. The Labute approximate surface area is 115 Å². The second-order valence-electron chi connectivity index (χ2n) is 5.05. The Morgan fingerprint density at radius 1 is 1.26 bits per heavy atom. The molecule has 0 saturated heterocycles. The number of carbonyl (C=O) groups is 1. The minimum absolute atomic E-state index is 0.0727. The monoisotopic (exact) mass is 264 g/mol. The summed E-state index contributed by atoms with van der Waals surface area (Å²) in [7, 11) is 4.02. The van der Waals surface area contributed by atoms with Gasteiger partial charge < -0.3 is 15.0 Å². The van der Waals surface area contributed by atoms with E-state index < -0.39 is 0 Å². The number of rotatable bonds is 7. The van der Waals surface area contributed by atoms with Crippen LogP contribution in [0.25, 0.3) is 0 Å². The highest BCUT2D eigenvalue weighted by atomic mass is 16.5. The van der Waals surface area contributed by atoms with Gasteiger partial charge in [-0.3, -0.25) is 4.79 Å². The van der Waals surface area contributed by atoms with Crippen molar-refractivity contribution >= 4 is 5.91 Å². The van der Waals surface area contributed by atoms with Crippen molar-refractivity contribution in [3.63, 3.8) is 0 Å². The average molecular weight is 264 g/mol. The summed E-state index contributed by atoms with van der Waals surface area (Å²) in [5.41, 5.74) is 1.19. The molecule has 4 nitrogen and oxygen atoms in total. The van der Waals surface area contributed by atoms with Crippen LogP contribution in [-0.2, 0) is 9.53 Å². The van der Waals surface area contributed by atoms with Crippen molar-refractivity contribution in [3.05, 3.63) is 35.9 Å². The predicted octanol–water partition coefficient (Wildman–Crippen LogP) is 1.83. The van der Waals surface area contributed by atoms with Crippen molar-refractivity contribution in [1.82, 2.24) is 10.2 Å². The molecule has 4 heteroatoms. The number of ether oxygens (including phenoxy) is 1. The van der Waals surface area contributed by atoms with Gasteiger partial charge in [0.25, 0.3) is 0 Å². The quantitative estimate of drug-likeness (QED) is 0.817. The van der Waals surface area contributed by atoms with Crippen molar-refractivity contribution in [2.75, 3.05) is 27.2 Å². The number of carbonyl (C=O) groups excluding carboxylic acids is 1. The van der Waals surface area contributed by atoms with Crippen LogP contribution in [0.5, 0.6) is 0 Å². The SMILES string of the molecule is CC(C)OCC(=O)NCC(c1ccccc1)N(C)C. The Morgan fingerprint density at radius 3 is 2.42 bits per heavy atom. The normalized spacial score (nSPS) is 12.7. The number of hydrogen-bond acceptors (Lipinski definition) is 3. The number of hydrogen-bond donors (Lipinski definition) is 1. The van der Waals surface area contributed by atoms with Crippen LogP contribution in [0.1, 0.15) is 25.5 Å². The van der Waals surface area contributed by atoms with Crippen LogP contribution in [-0.4, -0.2) is 44.2 Å². The Morgan fingerprint density at radius 2 is 1.89 bits per heavy atom. The predicted molar refractivity (Wildman–Crippen MR) is 77.0 cm³/mol. The minimum Gasteiger partial charge on any atom is -0.369 e. The first kappa shape index (κ1) is 15.7. The van der Waals surface area contributed by atoms with Gasteiger partial charge in [-0.15, -0.1) is 0 Å². The Kier molecular flexibility index (Phi) is 6.53. The van der Waals surface area contributed by atoms with E-state index in [-0.39, 0.29) is 24.7 Å². The summed E-state index contributed by atoms with van der Waals surface area (Å²) in [6, 6.07) is 10.3. The second kappa shape index (κ2) is 7.92. The zero-order valence-corrected chi connectivity index (χ0v) is 12.2. The third-order valence-electron chi connectivity index (χ3n) is 2.85. The lowest BCUT2D eigenvalue weighted by molar-refractivity contribution is -0.127. The molecule has 0 saturated carbocycles. The largest absolute Gasteiger partial charge is 0.369 e. The van der Waals surface area contributed by atoms with Gasteiger partial charge in [0.1, 0.15) is 6.61 Å². The maximum atomic E-state index is 11.7. The zero-order chi connectivity index (χ0) is 14.3. The van der Waals surface area contributed by atoms with Crippen LogP contribution in [0.4, 0.5) is 0 Å². The summed E-state index contributed by atoms with van der Waals surface area (Å²) in [6.45, 7) is 4.53. The first-order chi connectivity index (χ1) is 9.00. The second-order valence-corrected chi connectivity index (χ2v) is 5.05. The molecule has 0 aromatic heterocycles. The van der Waals surface area contributed by atoms with Crippen molar-refractivity contribution in [3.8, 4) is 0 Å². The number of likely N-dealkylation sites (N-methyl/N-ethyl adjacent to an activating group) is 1. The molecule has 0 bridgehead atoms. The summed E-state index contributed by atoms with van der Waals surface area (Å²) >= 11 is 0. The number of nitrogens with one attached hydrogen (secondary N) is 1. The molecule has 0 aliphatic rings. The zero-order valence-electron chi connectivity index (χ0n) is 12.2. The van der Waals surface area contributed by atoms with Crippen LogP contribution in [0.15, 0.2) is 30.3 Å². The highest BCUT2D eigenvalue weighted by molar-refractivity contribution is 5.77. The van der Waals surface area contributed by atoms with E-state index in [9.17, 15) is 4.79 Å². The fraction of sp³-hybridized carbons (Fsp3) is 0.533. The Bertz CT molecular complexity index is 377. The van der Waals surface area contributed by atoms with E-state index in [1.165, 1.54) is 5.56 Å². The molecule has 0 heterocycles. The molecular formula is C15H24N2O2. The maximum absolute atomic E-state index is 11.7. The van der Waals surface area contributed by atoms with Gasteiger partial charge in [0, 0.05) is 6.54 Å². The van der Waals surface area contributed by atoms with Gasteiger partial charge in [-0.25, -0.2) is 0 Å². The smallest absolute Gasteiger partial charge is 0.246 e. The lowest BCUT2D eigenvalue weighted by Crippen LogP contribution is -2.36. The third kappa shape index (κ3) is 5.85. The molecule has 1 atom stereocenters. The van der Waals surface area contributed by atoms with Crippen LogP contribution in [0.2, 0.25) is 0 Å². The fourth-order valence-corrected chi connectivity index (χ4v) is 1.78. The molecule has 106 valence electrons. The summed E-state index contributed by atoms with van der Waals surface area (Å²) in [6.07, 6.45) is 0.0736. The first-order valence-electron chi connectivity index (χ1n) is 6.60. The molecule has 0 aliphatic carbocycles. The van der Waals surface area contributed by atoms with Crippen molar-refractivity contribution < 1.29 is 9.53 Å². The standard InChI is InChI=1S/C15H24N2O2/c1-12(2)19-11-15(18)16-10-14(17(3)4)13-8-6-5-7-9-13/h5-9,12,14H,10-11H2,1-4H3,(H,16,18). The average Bonchev–Trinajstić information content (AvgIpc) is 2.37. The molecule has 0 aliphatic heterocycles. The molecule has 1 unspecified atom stereocenters. The van der Waals surface area contributed by atoms with Crippen LogP contribution < -0.4 is 5.32 Å². The van der Waals surface area contributed by atoms with Crippen molar-refractivity contribution in [2.24, 2.45) is 0 Å². The van der Waals surface area contributed by atoms with Gasteiger partial charge in [0.2, 0.25) is 5.91 Å². The van der Waals surface area contributed by atoms with Gasteiger partial charge in [0.15, 0.2) is 0 Å². The van der Waals surface area contributed by atoms with E-state index in [1.54, 1.807) is 0 Å². The topological polar surface area (TPSA) is 41.6 Å². The highest BCUT2D eigenvalue weighted by Gasteiger charge is 2.14. The van der Waals surface area contributed by atoms with E-state index in [2.05, 4.69) is 22.3 Å². The minimum atomic E-state index is -0.0727. The summed E-state index contributed by atoms with van der Waals surface area (Å²) in [5, 5.41) is 2.91. The molecule has 1 N–H and O–H groups in total. The number of benzene rings is 1. The van der Waals surface area contributed by atoms with Gasteiger partial charge in [-0.1, -0.05) is 30.3 Å². The Balaban J connectivity index is 2.49. The Hall–Kier alpha value is -1.39. The molecular weight excluding hydrogens is 240 g/mol. The lowest BCUT2D eigenvalue weighted by Gasteiger charge is -2.25. The van der Waals surface area contributed by atoms with Gasteiger partial charge >= 0.3 is 0 Å². The summed E-state index contributed by atoms with van der Waals surface area (Å²) < 4.78 is 5.28. The first-order valence-corrected chi connectivity index (χ1v) is 6.60. The van der Waals surface area contributed by atoms with Crippen LogP contribution in [0, 0.1) is 0 Å².